The van der Waals surface area contributed by atoms with E-state index in [-0.39, 0.29) is 17.6 Å². The minimum atomic E-state index is -1.02. The summed E-state index contributed by atoms with van der Waals surface area (Å²) in [7, 11) is 2.05. The van der Waals surface area contributed by atoms with Crippen molar-refractivity contribution in [3.8, 4) is 0 Å². The Labute approximate surface area is 204 Å². The Hall–Kier alpha value is -4.02. The van der Waals surface area contributed by atoms with Crippen LogP contribution < -0.4 is 5.32 Å². The third-order valence-electron chi connectivity index (χ3n) is 8.41. The Bertz CT molecular complexity index is 1480. The molecule has 4 heteroatoms. The Kier molecular flexibility index (Phi) is 4.07. The number of carbonyl (C=O) groups excluding carboxylic acids is 2. The van der Waals surface area contributed by atoms with E-state index in [1.54, 1.807) is 0 Å². The van der Waals surface area contributed by atoms with Crippen molar-refractivity contribution in [3.63, 3.8) is 0 Å². The highest BCUT2D eigenvalue weighted by Gasteiger charge is 2.73. The molecule has 2 heterocycles. The Morgan fingerprint density at radius 3 is 1.91 bits per heavy atom. The van der Waals surface area contributed by atoms with Crippen LogP contribution in [0.4, 0.5) is 5.69 Å². The van der Waals surface area contributed by atoms with Gasteiger partial charge in [0, 0.05) is 34.8 Å². The number of amides is 1. The van der Waals surface area contributed by atoms with E-state index in [0.29, 0.717) is 17.7 Å². The standard InChI is InChI=1S/C31H24N2O2/c1-33-19-26(20-11-3-2-4-12-20)30(31(33)25-17-9-10-18-27(25)32-29(31)35)23-15-7-5-13-21(23)28(34)22-14-6-8-16-24(22)30/h2-18,26H,19H2,1H3,(H,32,35)/t26-,31-/m0/s1. The second-order valence-corrected chi connectivity index (χ2v) is 9.78. The molecule has 35 heavy (non-hydrogen) atoms. The Morgan fingerprint density at radius 2 is 1.26 bits per heavy atom. The largest absolute Gasteiger partial charge is 0.324 e. The van der Waals surface area contributed by atoms with Crippen LogP contribution in [0.25, 0.3) is 0 Å². The van der Waals surface area contributed by atoms with Crippen molar-refractivity contribution in [2.75, 3.05) is 18.9 Å². The van der Waals surface area contributed by atoms with Crippen LogP contribution in [-0.2, 0) is 15.7 Å². The van der Waals surface area contributed by atoms with E-state index in [9.17, 15) is 9.59 Å². The smallest absolute Gasteiger partial charge is 0.250 e. The van der Waals surface area contributed by atoms with Crippen molar-refractivity contribution in [2.24, 2.45) is 0 Å². The maximum absolute atomic E-state index is 14.4. The summed E-state index contributed by atoms with van der Waals surface area (Å²) < 4.78 is 0. The van der Waals surface area contributed by atoms with Gasteiger partial charge in [0.2, 0.25) is 0 Å². The van der Waals surface area contributed by atoms with Crippen LogP contribution in [-0.4, -0.2) is 30.2 Å². The number of likely N-dealkylation sites (N-methyl/N-ethyl adjacent to an activating group) is 1. The molecule has 0 saturated carbocycles. The lowest BCUT2D eigenvalue weighted by molar-refractivity contribution is -0.127. The fraction of sp³-hybridized carbons (Fsp3) is 0.161. The van der Waals surface area contributed by atoms with Crippen LogP contribution >= 0.6 is 0 Å². The van der Waals surface area contributed by atoms with E-state index in [4.69, 9.17) is 0 Å². The van der Waals surface area contributed by atoms with Gasteiger partial charge in [-0.15, -0.1) is 0 Å². The molecule has 2 aliphatic heterocycles. The summed E-state index contributed by atoms with van der Waals surface area (Å²) in [6.45, 7) is 0.669. The summed E-state index contributed by atoms with van der Waals surface area (Å²) in [6.07, 6.45) is 0. The molecule has 7 rings (SSSR count). The van der Waals surface area contributed by atoms with Crippen molar-refractivity contribution in [3.05, 3.63) is 137 Å². The Morgan fingerprint density at radius 1 is 0.714 bits per heavy atom. The normalized spacial score (nSPS) is 23.7. The molecule has 1 N–H and O–H groups in total. The maximum atomic E-state index is 14.4. The van der Waals surface area contributed by atoms with Crippen LogP contribution in [0, 0.1) is 0 Å². The molecule has 1 fully saturated rings. The molecule has 0 bridgehead atoms. The average molecular weight is 457 g/mol. The van der Waals surface area contributed by atoms with Gasteiger partial charge in [0.1, 0.15) is 5.54 Å². The van der Waals surface area contributed by atoms with Crippen LogP contribution in [0.1, 0.15) is 44.1 Å². The van der Waals surface area contributed by atoms with Gasteiger partial charge < -0.3 is 5.32 Å². The van der Waals surface area contributed by atoms with Crippen molar-refractivity contribution in [1.82, 2.24) is 4.90 Å². The molecule has 170 valence electrons. The van der Waals surface area contributed by atoms with E-state index in [2.05, 4.69) is 52.7 Å². The van der Waals surface area contributed by atoms with Gasteiger partial charge >= 0.3 is 0 Å². The maximum Gasteiger partial charge on any atom is 0.250 e. The van der Waals surface area contributed by atoms with Gasteiger partial charge in [-0.3, -0.25) is 14.5 Å². The van der Waals surface area contributed by atoms with Gasteiger partial charge in [0.15, 0.2) is 5.78 Å². The topological polar surface area (TPSA) is 49.4 Å². The van der Waals surface area contributed by atoms with Crippen molar-refractivity contribution in [1.29, 1.82) is 0 Å². The molecule has 3 aliphatic rings. The summed E-state index contributed by atoms with van der Waals surface area (Å²) in [6, 6.07) is 34.2. The first kappa shape index (κ1) is 20.4. The molecule has 4 nitrogen and oxygen atoms in total. The van der Waals surface area contributed by atoms with Crippen LogP contribution in [0.2, 0.25) is 0 Å². The lowest BCUT2D eigenvalue weighted by atomic mass is 9.51. The number of hydrogen-bond acceptors (Lipinski definition) is 3. The molecule has 2 atom stereocenters. The van der Waals surface area contributed by atoms with Gasteiger partial charge in [-0.25, -0.2) is 0 Å². The number of hydrogen-bond donors (Lipinski definition) is 1. The zero-order valence-electron chi connectivity index (χ0n) is 19.4. The van der Waals surface area contributed by atoms with E-state index in [1.807, 2.05) is 67.7 Å². The number of nitrogens with one attached hydrogen (secondary N) is 1. The number of carbonyl (C=O) groups is 2. The predicted molar refractivity (Wildman–Crippen MR) is 136 cm³/mol. The van der Waals surface area contributed by atoms with Crippen LogP contribution in [0.3, 0.4) is 0 Å². The third-order valence-corrected chi connectivity index (χ3v) is 8.41. The molecule has 1 saturated heterocycles. The van der Waals surface area contributed by atoms with E-state index in [1.165, 1.54) is 0 Å². The zero-order valence-corrected chi connectivity index (χ0v) is 19.4. The van der Waals surface area contributed by atoms with Crippen molar-refractivity contribution in [2.45, 2.75) is 16.9 Å². The molecule has 4 aromatic carbocycles. The van der Waals surface area contributed by atoms with E-state index < -0.39 is 11.0 Å². The second-order valence-electron chi connectivity index (χ2n) is 9.78. The lowest BCUT2D eigenvalue weighted by Gasteiger charge is -2.51. The first-order valence-electron chi connectivity index (χ1n) is 12.0. The first-order chi connectivity index (χ1) is 17.1. The molecule has 0 radical (unpaired) electrons. The molecule has 2 spiro atoms. The molecule has 0 unspecified atom stereocenters. The number of ketones is 1. The fourth-order valence-electron chi connectivity index (χ4n) is 7.26. The SMILES string of the molecule is CN1C[C@@H](c2ccccc2)C2(c3ccccc3C(=O)c3ccccc32)[C@]12C(=O)Nc1ccccc12. The number of fused-ring (bicyclic) bond motifs is 7. The van der Waals surface area contributed by atoms with Crippen molar-refractivity contribution < 1.29 is 9.59 Å². The van der Waals surface area contributed by atoms with Crippen LogP contribution in [0.15, 0.2) is 103 Å². The zero-order chi connectivity index (χ0) is 23.8. The molecule has 0 aromatic heterocycles. The fourth-order valence-corrected chi connectivity index (χ4v) is 7.26. The quantitative estimate of drug-likeness (QED) is 0.434. The summed E-state index contributed by atoms with van der Waals surface area (Å²) >= 11 is 0. The number of likely N-dealkylation sites (tertiary alicyclic amines) is 1. The summed E-state index contributed by atoms with van der Waals surface area (Å²) in [5.74, 6) is -0.0791. The predicted octanol–water partition coefficient (Wildman–Crippen LogP) is 5.09. The third kappa shape index (κ3) is 2.26. The highest BCUT2D eigenvalue weighted by molar-refractivity contribution is 6.16. The second kappa shape index (κ2) is 7.00. The molecule has 1 aliphatic carbocycles. The molecular weight excluding hydrogens is 432 g/mol. The Balaban J connectivity index is 1.71. The van der Waals surface area contributed by atoms with Gasteiger partial charge in [0.05, 0.1) is 5.41 Å². The number of benzene rings is 4. The minimum Gasteiger partial charge on any atom is -0.324 e. The number of nitrogens with zero attached hydrogens (tertiary/aromatic N) is 1. The molecule has 4 aromatic rings. The lowest BCUT2D eigenvalue weighted by Crippen LogP contribution is -2.60. The van der Waals surface area contributed by atoms with Gasteiger partial charge in [0.25, 0.3) is 5.91 Å². The monoisotopic (exact) mass is 456 g/mol. The van der Waals surface area contributed by atoms with E-state index >= 15 is 0 Å². The number of rotatable bonds is 1. The summed E-state index contributed by atoms with van der Waals surface area (Å²) in [5.41, 5.74) is 4.35. The average Bonchev–Trinajstić information content (AvgIpc) is 3.36. The summed E-state index contributed by atoms with van der Waals surface area (Å²) in [4.78, 5) is 30.4. The van der Waals surface area contributed by atoms with E-state index in [0.717, 1.165) is 27.9 Å². The number of anilines is 1. The van der Waals surface area contributed by atoms with Gasteiger partial charge in [-0.2, -0.15) is 0 Å². The summed E-state index contributed by atoms with van der Waals surface area (Å²) in [5, 5.41) is 3.21. The molecular formula is C31H24N2O2. The first-order valence-corrected chi connectivity index (χ1v) is 12.0. The van der Waals surface area contributed by atoms with Crippen LogP contribution in [0.5, 0.6) is 0 Å². The minimum absolute atomic E-state index is 0.0185. The van der Waals surface area contributed by atoms with Gasteiger partial charge in [-0.05, 0) is 29.8 Å². The van der Waals surface area contributed by atoms with Gasteiger partial charge in [-0.1, -0.05) is 97.1 Å². The van der Waals surface area contributed by atoms with Crippen molar-refractivity contribution >= 4 is 17.4 Å². The molecule has 1 amide bonds. The highest BCUT2D eigenvalue weighted by atomic mass is 16.2. The number of para-hydroxylation sites is 1. The highest BCUT2D eigenvalue weighted by Crippen LogP contribution is 2.67.